The number of nitrogens with zero attached hydrogens (tertiary/aromatic N) is 1. The summed E-state index contributed by atoms with van der Waals surface area (Å²) in [5.74, 6) is 2.41. The lowest BCUT2D eigenvalue weighted by Gasteiger charge is -2.26. The standard InChI is InChI=1S/C38H28NO3P/c1-3-35-37(31-19-11-10-14-26(31)2)42-38-33-21-13-12-20-32(33)34(23-36(38)41-35)27-22-30(25-39-24-27)43(40,28-15-6-4-7-16-28)29-17-8-5-9-18-29/h3-25H,1H2,2H3. The SMILES string of the molecule is C=CC1=C(c2ccccc2C)Oc2c(cc(-c3cncc(P(=O)(c4ccccc4)c4ccccc4)c3)c3ccccc23)O1. The van der Waals surface area contributed by atoms with Gasteiger partial charge in [-0.3, -0.25) is 4.98 Å². The summed E-state index contributed by atoms with van der Waals surface area (Å²) >= 11 is 0. The molecule has 0 saturated carbocycles. The molecular formula is C38H28NO3P. The van der Waals surface area contributed by atoms with Crippen LogP contribution in [0.4, 0.5) is 0 Å². The van der Waals surface area contributed by atoms with Crippen LogP contribution in [-0.4, -0.2) is 4.98 Å². The van der Waals surface area contributed by atoms with E-state index in [4.69, 9.17) is 9.47 Å². The molecule has 2 heterocycles. The molecule has 208 valence electrons. The summed E-state index contributed by atoms with van der Waals surface area (Å²) in [6.45, 7) is 6.05. The second-order valence-electron chi connectivity index (χ2n) is 10.4. The Kier molecular flexibility index (Phi) is 6.77. The lowest BCUT2D eigenvalue weighted by molar-refractivity contribution is 0.362. The van der Waals surface area contributed by atoms with Crippen molar-refractivity contribution in [2.75, 3.05) is 0 Å². The van der Waals surface area contributed by atoms with Crippen molar-refractivity contribution in [1.29, 1.82) is 0 Å². The van der Waals surface area contributed by atoms with Gasteiger partial charge in [0.05, 0.1) is 0 Å². The van der Waals surface area contributed by atoms with Crippen LogP contribution in [-0.2, 0) is 4.57 Å². The summed E-state index contributed by atoms with van der Waals surface area (Å²) in [4.78, 5) is 4.62. The summed E-state index contributed by atoms with van der Waals surface area (Å²) in [5, 5.41) is 4.07. The number of aromatic nitrogens is 1. The molecular weight excluding hydrogens is 549 g/mol. The summed E-state index contributed by atoms with van der Waals surface area (Å²) in [6, 6.07) is 39.4. The molecule has 0 spiro atoms. The lowest BCUT2D eigenvalue weighted by atomic mass is 9.97. The van der Waals surface area contributed by atoms with Gasteiger partial charge in [-0.2, -0.15) is 0 Å². The van der Waals surface area contributed by atoms with Crippen LogP contribution in [0.2, 0.25) is 0 Å². The third-order valence-electron chi connectivity index (χ3n) is 7.82. The van der Waals surface area contributed by atoms with Gasteiger partial charge in [0.1, 0.15) is 0 Å². The highest BCUT2D eigenvalue weighted by molar-refractivity contribution is 7.85. The molecule has 5 aromatic carbocycles. The number of benzene rings is 5. The van der Waals surface area contributed by atoms with Gasteiger partial charge in [-0.15, -0.1) is 0 Å². The van der Waals surface area contributed by atoms with Crippen molar-refractivity contribution in [2.24, 2.45) is 0 Å². The van der Waals surface area contributed by atoms with Crippen LogP contribution < -0.4 is 25.4 Å². The van der Waals surface area contributed by atoms with Crippen LogP contribution in [0.3, 0.4) is 0 Å². The first-order valence-electron chi connectivity index (χ1n) is 14.1. The maximum absolute atomic E-state index is 15.1. The highest BCUT2D eigenvalue weighted by atomic mass is 31.2. The fraction of sp³-hybridized carbons (Fsp3) is 0.0263. The molecule has 0 bridgehead atoms. The summed E-state index contributed by atoms with van der Waals surface area (Å²) in [5.41, 5.74) is 3.77. The number of aryl methyl sites for hydroxylation is 1. The number of hydrogen-bond acceptors (Lipinski definition) is 4. The number of allylic oxidation sites excluding steroid dienone is 1. The van der Waals surface area contributed by atoms with Gasteiger partial charge in [-0.1, -0.05) is 116 Å². The van der Waals surface area contributed by atoms with Crippen LogP contribution in [0, 0.1) is 6.92 Å². The van der Waals surface area contributed by atoms with E-state index >= 15 is 4.57 Å². The fourth-order valence-corrected chi connectivity index (χ4v) is 8.31. The topological polar surface area (TPSA) is 48.4 Å². The summed E-state index contributed by atoms with van der Waals surface area (Å²) in [6.07, 6.45) is 5.21. The molecule has 0 amide bonds. The van der Waals surface area contributed by atoms with Gasteiger partial charge < -0.3 is 14.0 Å². The van der Waals surface area contributed by atoms with E-state index in [1.54, 1.807) is 12.3 Å². The zero-order chi connectivity index (χ0) is 29.4. The van der Waals surface area contributed by atoms with Crippen molar-refractivity contribution in [3.05, 3.63) is 163 Å². The van der Waals surface area contributed by atoms with Crippen LogP contribution >= 0.6 is 7.14 Å². The van der Waals surface area contributed by atoms with Gasteiger partial charge in [0.25, 0.3) is 0 Å². The van der Waals surface area contributed by atoms with E-state index < -0.39 is 7.14 Å². The quantitative estimate of drug-likeness (QED) is 0.187. The maximum atomic E-state index is 15.1. The van der Waals surface area contributed by atoms with Gasteiger partial charge in [0.2, 0.25) is 0 Å². The number of hydrogen-bond donors (Lipinski definition) is 0. The van der Waals surface area contributed by atoms with Crippen LogP contribution in [0.1, 0.15) is 11.1 Å². The molecule has 1 aliphatic heterocycles. The van der Waals surface area contributed by atoms with Crippen molar-refractivity contribution in [3.8, 4) is 22.6 Å². The van der Waals surface area contributed by atoms with Crippen LogP contribution in [0.15, 0.2) is 152 Å². The largest absolute Gasteiger partial charge is 0.449 e. The smallest absolute Gasteiger partial charge is 0.178 e. The minimum absolute atomic E-state index is 0.549. The molecule has 0 saturated heterocycles. The van der Waals surface area contributed by atoms with Crippen molar-refractivity contribution in [1.82, 2.24) is 4.98 Å². The molecule has 5 heteroatoms. The zero-order valence-electron chi connectivity index (χ0n) is 23.6. The molecule has 0 unspecified atom stereocenters. The van der Waals surface area contributed by atoms with Crippen LogP contribution in [0.5, 0.6) is 11.5 Å². The number of pyridine rings is 1. The Hall–Kier alpha value is -5.18. The lowest BCUT2D eigenvalue weighted by Crippen LogP contribution is -2.25. The molecule has 0 fully saturated rings. The number of fused-ring (bicyclic) bond motifs is 3. The van der Waals surface area contributed by atoms with Crippen molar-refractivity contribution in [3.63, 3.8) is 0 Å². The van der Waals surface area contributed by atoms with E-state index in [1.807, 2.05) is 128 Å². The first kappa shape index (κ1) is 26.7. The van der Waals surface area contributed by atoms with E-state index in [1.165, 1.54) is 0 Å². The molecule has 0 radical (unpaired) electrons. The van der Waals surface area contributed by atoms with E-state index in [-0.39, 0.29) is 0 Å². The van der Waals surface area contributed by atoms with Crippen molar-refractivity contribution < 1.29 is 14.0 Å². The van der Waals surface area contributed by atoms with E-state index in [2.05, 4.69) is 17.6 Å². The molecule has 7 rings (SSSR count). The normalized spacial score (nSPS) is 12.8. The van der Waals surface area contributed by atoms with Crippen molar-refractivity contribution in [2.45, 2.75) is 6.92 Å². The van der Waals surface area contributed by atoms with Gasteiger partial charge >= 0.3 is 0 Å². The molecule has 0 aliphatic carbocycles. The summed E-state index contributed by atoms with van der Waals surface area (Å²) < 4.78 is 28.2. The molecule has 1 aliphatic rings. The molecule has 43 heavy (non-hydrogen) atoms. The van der Waals surface area contributed by atoms with E-state index in [0.29, 0.717) is 28.3 Å². The Morgan fingerprint density at radius 1 is 0.674 bits per heavy atom. The third kappa shape index (κ3) is 4.57. The first-order chi connectivity index (χ1) is 21.1. The average molecular weight is 578 g/mol. The predicted molar refractivity (Wildman–Crippen MR) is 176 cm³/mol. The number of ether oxygens (including phenoxy) is 2. The second-order valence-corrected chi connectivity index (χ2v) is 13.2. The minimum Gasteiger partial charge on any atom is -0.449 e. The Balaban J connectivity index is 1.41. The Bertz CT molecular complexity index is 2040. The molecule has 4 nitrogen and oxygen atoms in total. The molecule has 0 N–H and O–H groups in total. The first-order valence-corrected chi connectivity index (χ1v) is 15.8. The minimum atomic E-state index is -3.21. The zero-order valence-corrected chi connectivity index (χ0v) is 24.5. The maximum Gasteiger partial charge on any atom is 0.178 e. The van der Waals surface area contributed by atoms with Crippen molar-refractivity contribution >= 4 is 39.6 Å². The summed E-state index contributed by atoms with van der Waals surface area (Å²) in [7, 11) is -3.21. The third-order valence-corrected chi connectivity index (χ3v) is 10.8. The fourth-order valence-electron chi connectivity index (χ4n) is 5.68. The van der Waals surface area contributed by atoms with E-state index in [9.17, 15) is 0 Å². The van der Waals surface area contributed by atoms with Gasteiger partial charge in [-0.25, -0.2) is 0 Å². The second kappa shape index (κ2) is 10.9. The highest BCUT2D eigenvalue weighted by Gasteiger charge is 2.31. The average Bonchev–Trinajstić information content (AvgIpc) is 3.08. The predicted octanol–water partition coefficient (Wildman–Crippen LogP) is 8.18. The van der Waals surface area contributed by atoms with Gasteiger partial charge in [0, 0.05) is 44.8 Å². The Labute approximate surface area is 251 Å². The molecule has 1 aromatic heterocycles. The monoisotopic (exact) mass is 577 g/mol. The Morgan fingerprint density at radius 3 is 1.98 bits per heavy atom. The Morgan fingerprint density at radius 2 is 1.30 bits per heavy atom. The van der Waals surface area contributed by atoms with Crippen LogP contribution in [0.25, 0.3) is 27.7 Å². The van der Waals surface area contributed by atoms with Gasteiger partial charge in [-0.05, 0) is 41.6 Å². The number of rotatable bonds is 6. The molecule has 6 aromatic rings. The highest BCUT2D eigenvalue weighted by Crippen LogP contribution is 2.48. The van der Waals surface area contributed by atoms with Gasteiger partial charge in [0.15, 0.2) is 30.2 Å². The molecule has 0 atom stereocenters. The van der Waals surface area contributed by atoms with E-state index in [0.717, 1.165) is 43.6 Å².